The largest absolute Gasteiger partial charge is 0.508 e. The fourth-order valence-electron chi connectivity index (χ4n) is 1.92. The van der Waals surface area contributed by atoms with Gasteiger partial charge in [0.05, 0.1) is 0 Å². The molecule has 0 fully saturated rings. The van der Waals surface area contributed by atoms with Gasteiger partial charge in [0.15, 0.2) is 0 Å². The lowest BCUT2D eigenvalue weighted by Crippen LogP contribution is -2.10. The number of phenols is 2. The zero-order chi connectivity index (χ0) is 17.0. The monoisotopic (exact) mass is 334 g/mol. The first-order valence-corrected chi connectivity index (χ1v) is 7.59. The minimum Gasteiger partial charge on any atom is -0.508 e. The maximum Gasteiger partial charge on any atom is 0.115 e. The second-order valence-corrected chi connectivity index (χ2v) is 7.59. The molecule has 0 bridgehead atoms. The van der Waals surface area contributed by atoms with Crippen molar-refractivity contribution in [2.45, 2.75) is 52.4 Å². The van der Waals surface area contributed by atoms with Crippen molar-refractivity contribution in [3.8, 4) is 11.5 Å². The maximum absolute atomic E-state index is 9.02. The molecule has 2 rings (SSSR count). The van der Waals surface area contributed by atoms with Crippen LogP contribution in [0.4, 0.5) is 0 Å². The molecule has 0 aliphatic heterocycles. The van der Waals surface area contributed by atoms with Crippen LogP contribution in [-0.4, -0.2) is 10.2 Å². The van der Waals surface area contributed by atoms with E-state index in [1.54, 1.807) is 24.3 Å². The van der Waals surface area contributed by atoms with Gasteiger partial charge in [-0.25, -0.2) is 0 Å². The van der Waals surface area contributed by atoms with Gasteiger partial charge in [-0.2, -0.15) is 13.5 Å². The number of phenolic OH excluding ortho intramolecular Hbond substituents is 2. The first-order valence-electron chi connectivity index (χ1n) is 7.59. The zero-order valence-electron chi connectivity index (χ0n) is 15.0. The highest BCUT2D eigenvalue weighted by Gasteiger charge is 2.13. The van der Waals surface area contributed by atoms with Crippen LogP contribution in [0.25, 0.3) is 0 Å². The Morgan fingerprint density at radius 1 is 0.522 bits per heavy atom. The fourth-order valence-corrected chi connectivity index (χ4v) is 1.92. The van der Waals surface area contributed by atoms with Crippen molar-refractivity contribution in [3.05, 3.63) is 59.7 Å². The number of hydrogen-bond acceptors (Lipinski definition) is 2. The molecule has 0 saturated heterocycles. The van der Waals surface area contributed by atoms with Gasteiger partial charge < -0.3 is 10.2 Å². The fraction of sp³-hybridized carbons (Fsp3) is 0.400. The normalized spacial score (nSPS) is 11.0. The van der Waals surface area contributed by atoms with Crippen LogP contribution in [0.15, 0.2) is 48.5 Å². The maximum atomic E-state index is 9.02. The van der Waals surface area contributed by atoms with Crippen LogP contribution in [0, 0.1) is 0 Å². The average Bonchev–Trinajstić information content (AvgIpc) is 2.38. The predicted octanol–water partition coefficient (Wildman–Crippen LogP) is 5.49. The summed E-state index contributed by atoms with van der Waals surface area (Å²) >= 11 is 0. The molecule has 0 aromatic heterocycles. The molecule has 0 amide bonds. The molecule has 2 nitrogen and oxygen atoms in total. The van der Waals surface area contributed by atoms with Gasteiger partial charge in [-0.1, -0.05) is 65.8 Å². The van der Waals surface area contributed by atoms with Crippen molar-refractivity contribution in [2.24, 2.45) is 0 Å². The molecular formula is C20H30O2S. The van der Waals surface area contributed by atoms with Crippen molar-refractivity contribution < 1.29 is 10.2 Å². The third-order valence-electron chi connectivity index (χ3n) is 3.47. The first kappa shape index (κ1) is 21.4. The van der Waals surface area contributed by atoms with E-state index in [4.69, 9.17) is 10.2 Å². The molecule has 0 aliphatic rings. The van der Waals surface area contributed by atoms with Crippen LogP contribution < -0.4 is 0 Å². The Labute approximate surface area is 147 Å². The highest BCUT2D eigenvalue weighted by Crippen LogP contribution is 2.24. The molecule has 3 heteroatoms. The highest BCUT2D eigenvalue weighted by atomic mass is 32.1. The van der Waals surface area contributed by atoms with E-state index in [2.05, 4.69) is 41.5 Å². The number of rotatable bonds is 0. The second-order valence-electron chi connectivity index (χ2n) is 7.59. The lowest BCUT2D eigenvalue weighted by atomic mass is 9.87. The summed E-state index contributed by atoms with van der Waals surface area (Å²) in [6.45, 7) is 12.9. The Morgan fingerprint density at radius 3 is 0.913 bits per heavy atom. The third kappa shape index (κ3) is 7.47. The summed E-state index contributed by atoms with van der Waals surface area (Å²) < 4.78 is 0. The Morgan fingerprint density at radius 2 is 0.739 bits per heavy atom. The minimum absolute atomic E-state index is 0. The molecule has 2 aromatic carbocycles. The Bertz CT molecular complexity index is 518. The Kier molecular flexibility index (Phi) is 7.72. The molecule has 2 N–H and O–H groups in total. The van der Waals surface area contributed by atoms with E-state index < -0.39 is 0 Å². The van der Waals surface area contributed by atoms with E-state index in [0.29, 0.717) is 11.5 Å². The standard InChI is InChI=1S/2C10H14O.H2S/c2*1-10(2,3)8-4-6-9(11)7-5-8;/h2*4-7,11H,1-3H3;1H2. The number of benzene rings is 2. The molecule has 0 unspecified atom stereocenters. The smallest absolute Gasteiger partial charge is 0.115 e. The lowest BCUT2D eigenvalue weighted by molar-refractivity contribution is 0.473. The molecule has 0 saturated carbocycles. The summed E-state index contributed by atoms with van der Waals surface area (Å²) in [7, 11) is 0. The lowest BCUT2D eigenvalue weighted by Gasteiger charge is -2.18. The third-order valence-corrected chi connectivity index (χ3v) is 3.47. The van der Waals surface area contributed by atoms with Gasteiger partial charge in [-0.05, 0) is 46.2 Å². The molecule has 0 spiro atoms. The summed E-state index contributed by atoms with van der Waals surface area (Å²) in [6, 6.07) is 14.7. The predicted molar refractivity (Wildman–Crippen MR) is 104 cm³/mol. The SMILES string of the molecule is CC(C)(C)c1ccc(O)cc1.CC(C)(C)c1ccc(O)cc1.S. The molecule has 2 aromatic rings. The highest BCUT2D eigenvalue weighted by molar-refractivity contribution is 7.59. The summed E-state index contributed by atoms with van der Waals surface area (Å²) in [5, 5.41) is 18.0. The summed E-state index contributed by atoms with van der Waals surface area (Å²) in [6.07, 6.45) is 0. The van der Waals surface area contributed by atoms with E-state index in [-0.39, 0.29) is 24.3 Å². The minimum atomic E-state index is 0. The first-order chi connectivity index (χ1) is 10.00. The van der Waals surface area contributed by atoms with E-state index in [0.717, 1.165) is 0 Å². The van der Waals surface area contributed by atoms with Crippen molar-refractivity contribution in [2.75, 3.05) is 0 Å². The van der Waals surface area contributed by atoms with Crippen molar-refractivity contribution in [1.82, 2.24) is 0 Å². The van der Waals surface area contributed by atoms with Crippen molar-refractivity contribution >= 4 is 13.5 Å². The summed E-state index contributed by atoms with van der Waals surface area (Å²) in [5.41, 5.74) is 2.84. The molecule has 0 aliphatic carbocycles. The van der Waals surface area contributed by atoms with Gasteiger partial charge >= 0.3 is 0 Å². The van der Waals surface area contributed by atoms with Crippen LogP contribution in [-0.2, 0) is 10.8 Å². The summed E-state index contributed by atoms with van der Waals surface area (Å²) in [4.78, 5) is 0. The topological polar surface area (TPSA) is 40.5 Å². The Hall–Kier alpha value is -1.61. The molecule has 0 heterocycles. The quantitative estimate of drug-likeness (QED) is 0.668. The zero-order valence-corrected chi connectivity index (χ0v) is 16.0. The molecule has 0 atom stereocenters. The van der Waals surface area contributed by atoms with Gasteiger partial charge in [0, 0.05) is 0 Å². The van der Waals surface area contributed by atoms with Gasteiger partial charge in [0.25, 0.3) is 0 Å². The van der Waals surface area contributed by atoms with Crippen molar-refractivity contribution in [1.29, 1.82) is 0 Å². The van der Waals surface area contributed by atoms with Crippen LogP contribution in [0.1, 0.15) is 52.7 Å². The average molecular weight is 335 g/mol. The van der Waals surface area contributed by atoms with Crippen LogP contribution >= 0.6 is 13.5 Å². The van der Waals surface area contributed by atoms with E-state index >= 15 is 0 Å². The van der Waals surface area contributed by atoms with E-state index in [1.807, 2.05) is 24.3 Å². The van der Waals surface area contributed by atoms with Crippen LogP contribution in [0.3, 0.4) is 0 Å². The Balaban J connectivity index is 0.000000403. The molecule has 23 heavy (non-hydrogen) atoms. The van der Waals surface area contributed by atoms with Crippen molar-refractivity contribution in [3.63, 3.8) is 0 Å². The van der Waals surface area contributed by atoms with Gasteiger partial charge in [-0.3, -0.25) is 0 Å². The van der Waals surface area contributed by atoms with E-state index in [9.17, 15) is 0 Å². The van der Waals surface area contributed by atoms with Crippen LogP contribution in [0.2, 0.25) is 0 Å². The van der Waals surface area contributed by atoms with Gasteiger partial charge in [0.1, 0.15) is 11.5 Å². The number of aromatic hydroxyl groups is 2. The molecule has 0 radical (unpaired) electrons. The van der Waals surface area contributed by atoms with Crippen LogP contribution in [0.5, 0.6) is 11.5 Å². The summed E-state index contributed by atoms with van der Waals surface area (Å²) in [5.74, 6) is 0.663. The van der Waals surface area contributed by atoms with Gasteiger partial charge in [-0.15, -0.1) is 0 Å². The molecular weight excluding hydrogens is 304 g/mol. The second kappa shape index (κ2) is 8.30. The molecule has 128 valence electrons. The number of hydrogen-bond donors (Lipinski definition) is 2. The van der Waals surface area contributed by atoms with E-state index in [1.165, 1.54) is 11.1 Å². The van der Waals surface area contributed by atoms with Gasteiger partial charge in [0.2, 0.25) is 0 Å².